The first kappa shape index (κ1) is 18.3. The van der Waals surface area contributed by atoms with Crippen LogP contribution in [0.1, 0.15) is 18.3 Å². The molecule has 4 rings (SSSR count). The molecule has 0 bridgehead atoms. The summed E-state index contributed by atoms with van der Waals surface area (Å²) in [5, 5.41) is 0.282. The molecule has 2 heterocycles. The van der Waals surface area contributed by atoms with Crippen LogP contribution in [-0.4, -0.2) is 19.1 Å². The van der Waals surface area contributed by atoms with Gasteiger partial charge in [0.25, 0.3) is 0 Å². The van der Waals surface area contributed by atoms with Crippen LogP contribution in [0.3, 0.4) is 0 Å². The highest BCUT2D eigenvalue weighted by Crippen LogP contribution is 2.22. The zero-order valence-electron chi connectivity index (χ0n) is 14.9. The highest BCUT2D eigenvalue weighted by Gasteiger charge is 2.18. The lowest BCUT2D eigenvalue weighted by molar-refractivity contribution is 0.610. The topological polar surface area (TPSA) is 52.7 Å². The number of hydrogen-bond donors (Lipinski definition) is 0. The maximum Gasteiger partial charge on any atom is 0.301 e. The van der Waals surface area contributed by atoms with Crippen LogP contribution >= 0.6 is 11.6 Å². The maximum atomic E-state index is 14.4. The van der Waals surface area contributed by atoms with E-state index in [9.17, 15) is 13.6 Å². The highest BCUT2D eigenvalue weighted by molar-refractivity contribution is 6.30. The third-order valence-corrected chi connectivity index (χ3v) is 4.74. The summed E-state index contributed by atoms with van der Waals surface area (Å²) in [7, 11) is 0. The standard InChI is InChI=1S/C20H15ClF2N4O/c1-2-26-11-24-18-19(28)25-17(9-12-3-4-13(21)10-16(12)23)27(20(18)26)15-7-5-14(22)6-8-15/h3-8,10-11H,2,9H2,1H3. The molecule has 0 N–H and O–H groups in total. The van der Waals surface area contributed by atoms with Crippen molar-refractivity contribution in [3.63, 3.8) is 0 Å². The molecule has 2 aromatic carbocycles. The Morgan fingerprint density at radius 2 is 1.86 bits per heavy atom. The van der Waals surface area contributed by atoms with Crippen molar-refractivity contribution in [1.82, 2.24) is 19.1 Å². The Morgan fingerprint density at radius 3 is 2.54 bits per heavy atom. The Labute approximate surface area is 163 Å². The van der Waals surface area contributed by atoms with Gasteiger partial charge in [0.15, 0.2) is 11.2 Å². The summed E-state index contributed by atoms with van der Waals surface area (Å²) in [6.45, 7) is 2.48. The number of benzene rings is 2. The quantitative estimate of drug-likeness (QED) is 0.517. The number of imidazole rings is 1. The van der Waals surface area contributed by atoms with E-state index in [-0.39, 0.29) is 22.8 Å². The second-order valence-corrected chi connectivity index (χ2v) is 6.70. The van der Waals surface area contributed by atoms with Gasteiger partial charge in [-0.1, -0.05) is 17.7 Å². The lowest BCUT2D eigenvalue weighted by Crippen LogP contribution is -2.20. The average molecular weight is 401 g/mol. The monoisotopic (exact) mass is 400 g/mol. The van der Waals surface area contributed by atoms with Crippen molar-refractivity contribution in [2.24, 2.45) is 0 Å². The van der Waals surface area contributed by atoms with Crippen LogP contribution in [-0.2, 0) is 13.0 Å². The second-order valence-electron chi connectivity index (χ2n) is 6.26. The summed E-state index contributed by atoms with van der Waals surface area (Å²) in [5.41, 5.74) is 1.17. The number of aromatic nitrogens is 4. The van der Waals surface area contributed by atoms with Gasteiger partial charge in [-0.25, -0.2) is 13.8 Å². The molecule has 0 saturated carbocycles. The molecule has 0 aliphatic heterocycles. The van der Waals surface area contributed by atoms with Crippen molar-refractivity contribution in [3.8, 4) is 5.69 Å². The van der Waals surface area contributed by atoms with E-state index in [1.807, 2.05) is 6.92 Å². The van der Waals surface area contributed by atoms with Crippen molar-refractivity contribution in [3.05, 3.63) is 87.2 Å². The Kier molecular flexibility index (Phi) is 4.68. The fourth-order valence-electron chi connectivity index (χ4n) is 3.15. The predicted octanol–water partition coefficient (Wildman–Crippen LogP) is 4.12. The molecule has 0 aliphatic rings. The first-order chi connectivity index (χ1) is 13.5. The summed E-state index contributed by atoms with van der Waals surface area (Å²) in [6, 6.07) is 10.1. The van der Waals surface area contributed by atoms with E-state index >= 15 is 0 Å². The SMILES string of the molecule is CCn1cnc2c(=O)nc(Cc3ccc(Cl)cc3F)n(-c3ccc(F)cc3)c21. The minimum absolute atomic E-state index is 0.0560. The molecule has 0 amide bonds. The fourth-order valence-corrected chi connectivity index (χ4v) is 3.31. The van der Waals surface area contributed by atoms with Gasteiger partial charge in [0.1, 0.15) is 17.5 Å². The lowest BCUT2D eigenvalue weighted by Gasteiger charge is -2.16. The highest BCUT2D eigenvalue weighted by atomic mass is 35.5. The summed E-state index contributed by atoms with van der Waals surface area (Å²) in [4.78, 5) is 20.8. The van der Waals surface area contributed by atoms with Crippen LogP contribution in [0.5, 0.6) is 0 Å². The van der Waals surface area contributed by atoms with Crippen molar-refractivity contribution in [2.45, 2.75) is 19.9 Å². The molecule has 0 atom stereocenters. The van der Waals surface area contributed by atoms with E-state index in [2.05, 4.69) is 9.97 Å². The Morgan fingerprint density at radius 1 is 1.11 bits per heavy atom. The molecular weight excluding hydrogens is 386 g/mol. The average Bonchev–Trinajstić information content (AvgIpc) is 3.10. The zero-order valence-corrected chi connectivity index (χ0v) is 15.6. The molecule has 0 radical (unpaired) electrons. The molecule has 0 saturated heterocycles. The van der Waals surface area contributed by atoms with Crippen molar-refractivity contribution >= 4 is 22.8 Å². The van der Waals surface area contributed by atoms with Crippen LogP contribution in [0.2, 0.25) is 5.02 Å². The molecule has 8 heteroatoms. The van der Waals surface area contributed by atoms with Crippen LogP contribution in [0.4, 0.5) is 8.78 Å². The normalized spacial score (nSPS) is 11.3. The predicted molar refractivity (Wildman–Crippen MR) is 103 cm³/mol. The third-order valence-electron chi connectivity index (χ3n) is 4.50. The van der Waals surface area contributed by atoms with Gasteiger partial charge in [0, 0.05) is 23.7 Å². The molecule has 142 valence electrons. The van der Waals surface area contributed by atoms with E-state index in [4.69, 9.17) is 11.6 Å². The summed E-state index contributed by atoms with van der Waals surface area (Å²) in [5.74, 6) is -0.555. The first-order valence-corrected chi connectivity index (χ1v) is 9.02. The van der Waals surface area contributed by atoms with Crippen LogP contribution in [0, 0.1) is 11.6 Å². The summed E-state index contributed by atoms with van der Waals surface area (Å²) < 4.78 is 31.3. The van der Waals surface area contributed by atoms with Gasteiger partial charge in [-0.05, 0) is 48.9 Å². The second kappa shape index (κ2) is 7.16. The van der Waals surface area contributed by atoms with Gasteiger partial charge in [-0.3, -0.25) is 9.36 Å². The zero-order chi connectivity index (χ0) is 19.8. The Balaban J connectivity index is 2.00. The number of hydrogen-bond acceptors (Lipinski definition) is 3. The van der Waals surface area contributed by atoms with E-state index in [1.54, 1.807) is 39.7 Å². The van der Waals surface area contributed by atoms with Gasteiger partial charge < -0.3 is 4.57 Å². The smallest absolute Gasteiger partial charge is 0.301 e. The van der Waals surface area contributed by atoms with Gasteiger partial charge in [-0.2, -0.15) is 4.98 Å². The summed E-state index contributed by atoms with van der Waals surface area (Å²) >= 11 is 5.83. The number of rotatable bonds is 4. The van der Waals surface area contributed by atoms with E-state index < -0.39 is 11.4 Å². The minimum atomic E-state index is -0.495. The molecule has 28 heavy (non-hydrogen) atoms. The van der Waals surface area contributed by atoms with E-state index in [0.29, 0.717) is 29.3 Å². The largest absolute Gasteiger partial charge is 0.316 e. The van der Waals surface area contributed by atoms with Crippen molar-refractivity contribution in [1.29, 1.82) is 0 Å². The van der Waals surface area contributed by atoms with Gasteiger partial charge in [-0.15, -0.1) is 0 Å². The molecule has 0 spiro atoms. The van der Waals surface area contributed by atoms with Gasteiger partial charge >= 0.3 is 5.56 Å². The third kappa shape index (κ3) is 3.18. The number of halogens is 3. The van der Waals surface area contributed by atoms with Crippen LogP contribution in [0.15, 0.2) is 53.6 Å². The lowest BCUT2D eigenvalue weighted by atomic mass is 10.1. The van der Waals surface area contributed by atoms with E-state index in [0.717, 1.165) is 0 Å². The maximum absolute atomic E-state index is 14.4. The molecule has 2 aromatic heterocycles. The number of nitrogens with zero attached hydrogens (tertiary/aromatic N) is 4. The number of fused-ring (bicyclic) bond motifs is 1. The van der Waals surface area contributed by atoms with E-state index in [1.165, 1.54) is 18.2 Å². The molecule has 0 unspecified atom stereocenters. The summed E-state index contributed by atoms with van der Waals surface area (Å²) in [6.07, 6.45) is 1.61. The molecular formula is C20H15ClF2N4O. The van der Waals surface area contributed by atoms with Crippen molar-refractivity contribution in [2.75, 3.05) is 0 Å². The first-order valence-electron chi connectivity index (χ1n) is 8.64. The molecule has 0 fully saturated rings. The molecule has 4 aromatic rings. The van der Waals surface area contributed by atoms with Crippen molar-refractivity contribution < 1.29 is 8.78 Å². The fraction of sp³-hybridized carbons (Fsp3) is 0.150. The minimum Gasteiger partial charge on any atom is -0.316 e. The Bertz CT molecular complexity index is 1230. The Hall–Kier alpha value is -3.06. The van der Waals surface area contributed by atoms with Gasteiger partial charge in [0.2, 0.25) is 0 Å². The molecule has 5 nitrogen and oxygen atoms in total. The van der Waals surface area contributed by atoms with Gasteiger partial charge in [0.05, 0.1) is 6.33 Å². The van der Waals surface area contributed by atoms with Crippen LogP contribution < -0.4 is 5.56 Å². The number of aryl methyl sites for hydroxylation is 1. The van der Waals surface area contributed by atoms with Crippen LogP contribution in [0.25, 0.3) is 16.9 Å². The molecule has 0 aliphatic carbocycles.